The number of benzene rings is 2. The van der Waals surface area contributed by atoms with Gasteiger partial charge in [0.05, 0.1) is 21.3 Å². The average Bonchev–Trinajstić information content (AvgIpc) is 2.59. The summed E-state index contributed by atoms with van der Waals surface area (Å²) >= 11 is 5.95. The number of carbonyl (C=O) groups is 1. The second kappa shape index (κ2) is 7.93. The third-order valence-corrected chi connectivity index (χ3v) is 3.80. The van der Waals surface area contributed by atoms with E-state index in [2.05, 4.69) is 0 Å². The Kier molecular flexibility index (Phi) is 5.93. The number of amides is 1. The third kappa shape index (κ3) is 3.92. The second-order valence-electron chi connectivity index (χ2n) is 5.21. The normalized spacial score (nSPS) is 10.2. The highest BCUT2D eigenvalue weighted by molar-refractivity contribution is 6.30. The molecule has 5 nitrogen and oxygen atoms in total. The molecule has 0 saturated heterocycles. The largest absolute Gasteiger partial charge is 0.493 e. The van der Waals surface area contributed by atoms with Crippen molar-refractivity contribution in [2.45, 2.75) is 6.54 Å². The Morgan fingerprint density at radius 1 is 1.04 bits per heavy atom. The Bertz CT molecular complexity index is 708. The maximum Gasteiger partial charge on any atom is 0.253 e. The predicted molar refractivity (Wildman–Crippen MR) is 93.3 cm³/mol. The number of hydrogen-bond acceptors (Lipinski definition) is 4. The summed E-state index contributed by atoms with van der Waals surface area (Å²) in [6.45, 7) is 0.391. The molecular formula is C18H20ClNO4. The minimum Gasteiger partial charge on any atom is -0.493 e. The van der Waals surface area contributed by atoms with Gasteiger partial charge in [0.2, 0.25) is 5.75 Å². The fourth-order valence-electron chi connectivity index (χ4n) is 2.41. The predicted octanol–water partition coefficient (Wildman–Crippen LogP) is 3.64. The van der Waals surface area contributed by atoms with Gasteiger partial charge in [-0.05, 0) is 35.9 Å². The number of methoxy groups -OCH3 is 3. The van der Waals surface area contributed by atoms with Gasteiger partial charge >= 0.3 is 0 Å². The number of nitrogens with zero attached hydrogens (tertiary/aromatic N) is 1. The molecule has 0 aliphatic rings. The van der Waals surface area contributed by atoms with Crippen LogP contribution in [0.15, 0.2) is 36.4 Å². The minimum atomic E-state index is -0.119. The first-order valence-electron chi connectivity index (χ1n) is 7.30. The molecule has 0 atom stereocenters. The van der Waals surface area contributed by atoms with Gasteiger partial charge < -0.3 is 19.1 Å². The first kappa shape index (κ1) is 17.9. The first-order chi connectivity index (χ1) is 11.5. The van der Waals surface area contributed by atoms with Crippen LogP contribution in [-0.2, 0) is 6.54 Å². The van der Waals surface area contributed by atoms with Crippen LogP contribution in [0.2, 0.25) is 5.02 Å². The zero-order valence-corrected chi connectivity index (χ0v) is 14.9. The van der Waals surface area contributed by atoms with Crippen LogP contribution in [0.4, 0.5) is 0 Å². The second-order valence-corrected chi connectivity index (χ2v) is 5.64. The van der Waals surface area contributed by atoms with Crippen molar-refractivity contribution < 1.29 is 19.0 Å². The van der Waals surface area contributed by atoms with Crippen LogP contribution < -0.4 is 14.2 Å². The van der Waals surface area contributed by atoms with Gasteiger partial charge in [0.25, 0.3) is 5.91 Å². The Hall–Kier alpha value is -2.40. The molecule has 0 aliphatic heterocycles. The minimum absolute atomic E-state index is 0.119. The van der Waals surface area contributed by atoms with E-state index in [1.54, 1.807) is 57.5 Å². The molecule has 2 aromatic carbocycles. The highest BCUT2D eigenvalue weighted by atomic mass is 35.5. The molecule has 0 heterocycles. The molecule has 0 unspecified atom stereocenters. The molecule has 0 spiro atoms. The van der Waals surface area contributed by atoms with Crippen molar-refractivity contribution in [3.8, 4) is 17.2 Å². The van der Waals surface area contributed by atoms with Crippen LogP contribution in [0, 0.1) is 0 Å². The highest BCUT2D eigenvalue weighted by Gasteiger charge is 2.17. The fourth-order valence-corrected chi connectivity index (χ4v) is 2.60. The molecule has 0 aromatic heterocycles. The van der Waals surface area contributed by atoms with E-state index in [0.29, 0.717) is 34.4 Å². The highest BCUT2D eigenvalue weighted by Crippen LogP contribution is 2.38. The lowest BCUT2D eigenvalue weighted by Gasteiger charge is -2.19. The van der Waals surface area contributed by atoms with Crippen LogP contribution >= 0.6 is 11.6 Å². The third-order valence-electron chi connectivity index (χ3n) is 3.56. The van der Waals surface area contributed by atoms with Gasteiger partial charge in [-0.25, -0.2) is 0 Å². The molecule has 128 valence electrons. The first-order valence-corrected chi connectivity index (χ1v) is 7.67. The maximum absolute atomic E-state index is 12.5. The van der Waals surface area contributed by atoms with Crippen LogP contribution in [0.3, 0.4) is 0 Å². The SMILES string of the molecule is COc1cc(CN(C)C(=O)c2cccc(Cl)c2)cc(OC)c1OC. The summed E-state index contributed by atoms with van der Waals surface area (Å²) in [6, 6.07) is 10.5. The van der Waals surface area contributed by atoms with E-state index in [0.717, 1.165) is 5.56 Å². The molecule has 0 bridgehead atoms. The van der Waals surface area contributed by atoms with Crippen molar-refractivity contribution in [1.29, 1.82) is 0 Å². The Balaban J connectivity index is 2.25. The number of halogens is 1. The smallest absolute Gasteiger partial charge is 0.253 e. The summed E-state index contributed by atoms with van der Waals surface area (Å²) in [6.07, 6.45) is 0. The Labute approximate surface area is 146 Å². The molecule has 24 heavy (non-hydrogen) atoms. The van der Waals surface area contributed by atoms with E-state index >= 15 is 0 Å². The molecule has 0 aliphatic carbocycles. The van der Waals surface area contributed by atoms with Crippen molar-refractivity contribution in [3.63, 3.8) is 0 Å². The Morgan fingerprint density at radius 3 is 2.17 bits per heavy atom. The van der Waals surface area contributed by atoms with E-state index in [4.69, 9.17) is 25.8 Å². The number of rotatable bonds is 6. The lowest BCUT2D eigenvalue weighted by Crippen LogP contribution is -2.26. The number of ether oxygens (including phenoxy) is 3. The summed E-state index contributed by atoms with van der Waals surface area (Å²) in [4.78, 5) is 14.1. The molecule has 0 radical (unpaired) electrons. The average molecular weight is 350 g/mol. The standard InChI is InChI=1S/C18H20ClNO4/c1-20(18(21)13-6-5-7-14(19)10-13)11-12-8-15(22-2)17(24-4)16(9-12)23-3/h5-10H,11H2,1-4H3. The van der Waals surface area contributed by atoms with Crippen molar-refractivity contribution in [1.82, 2.24) is 4.90 Å². The Morgan fingerprint density at radius 2 is 1.67 bits per heavy atom. The maximum atomic E-state index is 12.5. The topological polar surface area (TPSA) is 48.0 Å². The summed E-state index contributed by atoms with van der Waals surface area (Å²) in [7, 11) is 6.39. The summed E-state index contributed by atoms with van der Waals surface area (Å²) in [5.74, 6) is 1.50. The van der Waals surface area contributed by atoms with Crippen molar-refractivity contribution in [2.75, 3.05) is 28.4 Å². The summed E-state index contributed by atoms with van der Waals surface area (Å²) < 4.78 is 16.0. The van der Waals surface area contributed by atoms with Crippen LogP contribution in [0.5, 0.6) is 17.2 Å². The summed E-state index contributed by atoms with van der Waals surface area (Å²) in [5.41, 5.74) is 1.40. The van der Waals surface area contributed by atoms with Gasteiger partial charge in [-0.15, -0.1) is 0 Å². The van der Waals surface area contributed by atoms with E-state index in [-0.39, 0.29) is 5.91 Å². The van der Waals surface area contributed by atoms with Crippen molar-refractivity contribution >= 4 is 17.5 Å². The van der Waals surface area contributed by atoms with Gasteiger partial charge in [0.15, 0.2) is 11.5 Å². The quantitative estimate of drug-likeness (QED) is 0.799. The van der Waals surface area contributed by atoms with Crippen LogP contribution in [0.1, 0.15) is 15.9 Å². The van der Waals surface area contributed by atoms with Gasteiger partial charge in [-0.1, -0.05) is 17.7 Å². The van der Waals surface area contributed by atoms with E-state index in [9.17, 15) is 4.79 Å². The van der Waals surface area contributed by atoms with Gasteiger partial charge in [-0.2, -0.15) is 0 Å². The van der Waals surface area contributed by atoms with Gasteiger partial charge in [0.1, 0.15) is 0 Å². The monoisotopic (exact) mass is 349 g/mol. The van der Waals surface area contributed by atoms with E-state index < -0.39 is 0 Å². The van der Waals surface area contributed by atoms with E-state index in [1.165, 1.54) is 0 Å². The van der Waals surface area contributed by atoms with E-state index in [1.807, 2.05) is 12.1 Å². The molecular weight excluding hydrogens is 330 g/mol. The number of hydrogen-bond donors (Lipinski definition) is 0. The summed E-state index contributed by atoms with van der Waals surface area (Å²) in [5, 5.41) is 0.530. The zero-order valence-electron chi connectivity index (χ0n) is 14.1. The van der Waals surface area contributed by atoms with Gasteiger partial charge in [-0.3, -0.25) is 4.79 Å². The van der Waals surface area contributed by atoms with Crippen molar-refractivity contribution in [3.05, 3.63) is 52.5 Å². The molecule has 2 aromatic rings. The molecule has 0 saturated carbocycles. The lowest BCUT2D eigenvalue weighted by molar-refractivity contribution is 0.0785. The molecule has 6 heteroatoms. The number of carbonyl (C=O) groups excluding carboxylic acids is 1. The van der Waals surface area contributed by atoms with Crippen molar-refractivity contribution in [2.24, 2.45) is 0 Å². The fraction of sp³-hybridized carbons (Fsp3) is 0.278. The van der Waals surface area contributed by atoms with Crippen LogP contribution in [-0.4, -0.2) is 39.2 Å². The molecule has 0 N–H and O–H groups in total. The lowest BCUT2D eigenvalue weighted by atomic mass is 10.1. The molecule has 1 amide bonds. The molecule has 0 fully saturated rings. The van der Waals surface area contributed by atoms with Crippen LogP contribution in [0.25, 0.3) is 0 Å². The van der Waals surface area contributed by atoms with Gasteiger partial charge in [0, 0.05) is 24.2 Å². The molecule has 2 rings (SSSR count). The zero-order chi connectivity index (χ0) is 17.7.